The lowest BCUT2D eigenvalue weighted by molar-refractivity contribution is -0.142. The maximum atomic E-state index is 14.4. The highest BCUT2D eigenvalue weighted by atomic mass is 16.7. The molecule has 3 atom stereocenters. The first kappa shape index (κ1) is 40.9. The van der Waals surface area contributed by atoms with Crippen molar-refractivity contribution in [2.24, 2.45) is 5.73 Å². The van der Waals surface area contributed by atoms with Crippen molar-refractivity contribution in [1.82, 2.24) is 0 Å². The first-order valence-corrected chi connectivity index (χ1v) is 22.2. The molecule has 4 heterocycles. The number of anilines is 2. The summed E-state index contributed by atoms with van der Waals surface area (Å²) in [6.45, 7) is 9.44. The lowest BCUT2D eigenvalue weighted by Crippen LogP contribution is -2.38. The van der Waals surface area contributed by atoms with Crippen molar-refractivity contribution in [2.75, 3.05) is 23.5 Å². The lowest BCUT2D eigenvalue weighted by atomic mass is 9.74. The molecular formula is C55H45N3O8. The zero-order chi connectivity index (χ0) is 45.5. The Hall–Kier alpha value is -7.89. The molecule has 11 rings (SSSR count). The molecule has 11 nitrogen and oxygen atoms in total. The van der Waals surface area contributed by atoms with Gasteiger partial charge in [-0.05, 0) is 104 Å². The molecule has 0 bridgehead atoms. The van der Waals surface area contributed by atoms with Crippen molar-refractivity contribution in [3.8, 4) is 34.1 Å². The summed E-state index contributed by atoms with van der Waals surface area (Å²) >= 11 is 0. The zero-order valence-electron chi connectivity index (χ0n) is 36.8. The fourth-order valence-electron chi connectivity index (χ4n) is 10.5. The Balaban J connectivity index is 0.998. The van der Waals surface area contributed by atoms with Gasteiger partial charge in [-0.2, -0.15) is 0 Å². The minimum absolute atomic E-state index is 0.0728. The number of rotatable bonds is 9. The fourth-order valence-corrected chi connectivity index (χ4v) is 10.5. The summed E-state index contributed by atoms with van der Waals surface area (Å²) in [6, 6.07) is 42.5. The van der Waals surface area contributed by atoms with Crippen LogP contribution in [0, 0.1) is 13.8 Å². The van der Waals surface area contributed by atoms with Gasteiger partial charge < -0.3 is 34.4 Å². The van der Waals surface area contributed by atoms with Crippen LogP contribution in [0.5, 0.6) is 23.0 Å². The van der Waals surface area contributed by atoms with Crippen LogP contribution in [0.25, 0.3) is 11.1 Å². The van der Waals surface area contributed by atoms with Crippen LogP contribution in [-0.2, 0) is 36.7 Å². The zero-order valence-corrected chi connectivity index (χ0v) is 36.8. The van der Waals surface area contributed by atoms with Crippen molar-refractivity contribution in [2.45, 2.75) is 51.4 Å². The largest absolute Gasteiger partial charge is 0.456 e. The summed E-state index contributed by atoms with van der Waals surface area (Å²) in [5.74, 6) is 0.502. The number of esters is 2. The van der Waals surface area contributed by atoms with E-state index < -0.39 is 35.2 Å². The number of fused-ring (bicyclic) bond motifs is 12. The number of aryl methyl sites for hydroxylation is 2. The second-order valence-electron chi connectivity index (χ2n) is 17.1. The lowest BCUT2D eigenvalue weighted by Gasteiger charge is -2.38. The Labute approximate surface area is 381 Å². The van der Waals surface area contributed by atoms with Gasteiger partial charge in [0.1, 0.15) is 29.0 Å². The molecule has 0 saturated carbocycles. The van der Waals surface area contributed by atoms with E-state index in [9.17, 15) is 14.4 Å². The molecular weight excluding hydrogens is 831 g/mol. The quantitative estimate of drug-likeness (QED) is 0.0814. The van der Waals surface area contributed by atoms with Gasteiger partial charge in [-0.1, -0.05) is 91.0 Å². The Morgan fingerprint density at radius 1 is 0.606 bits per heavy atom. The number of nitrogens with two attached hydrogens (primary N) is 1. The van der Waals surface area contributed by atoms with Crippen molar-refractivity contribution in [3.05, 3.63) is 201 Å². The van der Waals surface area contributed by atoms with Gasteiger partial charge in [0.2, 0.25) is 0 Å². The van der Waals surface area contributed by atoms with Gasteiger partial charge in [-0.3, -0.25) is 0 Å². The number of ether oxygens (including phenoxy) is 4. The molecule has 11 heteroatoms. The highest BCUT2D eigenvalue weighted by Crippen LogP contribution is 2.60. The Morgan fingerprint density at radius 3 is 1.70 bits per heavy atom. The van der Waals surface area contributed by atoms with E-state index in [4.69, 9.17) is 29.5 Å². The van der Waals surface area contributed by atoms with E-state index in [1.165, 1.54) is 0 Å². The molecule has 0 saturated heterocycles. The van der Waals surface area contributed by atoms with Crippen LogP contribution in [-0.4, -0.2) is 37.0 Å². The molecule has 328 valence electrons. The highest BCUT2D eigenvalue weighted by Gasteiger charge is 2.56. The third kappa shape index (κ3) is 5.96. The van der Waals surface area contributed by atoms with Crippen LogP contribution >= 0.6 is 0 Å². The van der Waals surface area contributed by atoms with Gasteiger partial charge in [-0.15, -0.1) is 0 Å². The maximum Gasteiger partial charge on any atom is 0.348 e. The van der Waals surface area contributed by atoms with Crippen LogP contribution in [0.1, 0.15) is 84.6 Å². The van der Waals surface area contributed by atoms with Gasteiger partial charge in [-0.25, -0.2) is 19.9 Å². The molecule has 2 spiro atoms. The van der Waals surface area contributed by atoms with Crippen LogP contribution in [0.3, 0.4) is 0 Å². The van der Waals surface area contributed by atoms with Crippen molar-refractivity contribution in [1.29, 1.82) is 0 Å². The number of hydrogen-bond acceptors (Lipinski definition) is 11. The third-order valence-corrected chi connectivity index (χ3v) is 13.2. The third-order valence-electron chi connectivity index (χ3n) is 13.2. The van der Waals surface area contributed by atoms with Crippen LogP contribution in [0.4, 0.5) is 11.4 Å². The monoisotopic (exact) mass is 875 g/mol. The molecule has 3 N–H and O–H groups in total. The Bertz CT molecular complexity index is 3200. The molecule has 4 aliphatic heterocycles. The molecule has 0 fully saturated rings. The Kier molecular flexibility index (Phi) is 9.52. The summed E-state index contributed by atoms with van der Waals surface area (Å²) in [4.78, 5) is 50.0. The topological polar surface area (TPSA) is 139 Å². The van der Waals surface area contributed by atoms with Crippen molar-refractivity contribution >= 4 is 29.3 Å². The molecule has 0 aliphatic carbocycles. The molecule has 0 aromatic heterocycles. The molecule has 0 radical (unpaired) electrons. The van der Waals surface area contributed by atoms with Gasteiger partial charge in [0.05, 0.1) is 27.9 Å². The average molecular weight is 876 g/mol. The molecule has 7 aromatic carbocycles. The number of nitrogens with zero attached hydrogens (tertiary/aromatic N) is 1. The fraction of sp³-hybridized carbons (Fsp3) is 0.182. The summed E-state index contributed by atoms with van der Waals surface area (Å²) in [7, 11) is 0. The van der Waals surface area contributed by atoms with Crippen LogP contribution < -0.4 is 25.6 Å². The average Bonchev–Trinajstić information content (AvgIpc) is 3.78. The first-order chi connectivity index (χ1) is 32.1. The van der Waals surface area contributed by atoms with Crippen LogP contribution in [0.15, 0.2) is 140 Å². The van der Waals surface area contributed by atoms with E-state index in [-0.39, 0.29) is 6.42 Å². The van der Waals surface area contributed by atoms with Gasteiger partial charge in [0.15, 0.2) is 11.2 Å². The number of carbonyl (C=O) groups is 3. The number of nitrogens with one attached hydrogen (secondary N) is 1. The van der Waals surface area contributed by atoms with E-state index >= 15 is 0 Å². The summed E-state index contributed by atoms with van der Waals surface area (Å²) in [5.41, 5.74) is 17.3. The van der Waals surface area contributed by atoms with E-state index in [0.29, 0.717) is 80.7 Å². The summed E-state index contributed by atoms with van der Waals surface area (Å²) in [6.07, 6.45) is 0.0728. The second kappa shape index (κ2) is 15.4. The van der Waals surface area contributed by atoms with Crippen LogP contribution in [0.2, 0.25) is 0 Å². The number of benzene rings is 7. The Morgan fingerprint density at radius 2 is 1.11 bits per heavy atom. The minimum atomic E-state index is -1.40. The molecule has 3 unspecified atom stereocenters. The van der Waals surface area contributed by atoms with Crippen molar-refractivity contribution in [3.63, 3.8) is 0 Å². The van der Waals surface area contributed by atoms with E-state index in [0.717, 1.165) is 39.1 Å². The number of para-hydroxylation sites is 2. The molecule has 4 aliphatic rings. The number of carbonyl (C=O) groups excluding carboxylic acids is 3. The van der Waals surface area contributed by atoms with E-state index in [1.54, 1.807) is 18.2 Å². The number of hydrogen-bond donors (Lipinski definition) is 2. The SMILES string of the molecule is CCN(CC)c1cccc(-c2cc(C)cc3c2C2(OC(=O)c4ccccc42)c2ccccc2O3)c1CC(N)C(=O)ONc1cc(C)cc2c1C1(OC(=O)c3ccccc31)c1ccccc1O2. The van der Waals surface area contributed by atoms with Gasteiger partial charge in [0.25, 0.3) is 0 Å². The highest BCUT2D eigenvalue weighted by molar-refractivity contribution is 5.99. The van der Waals surface area contributed by atoms with Crippen molar-refractivity contribution < 1.29 is 38.2 Å². The van der Waals surface area contributed by atoms with E-state index in [1.807, 2.05) is 129 Å². The minimum Gasteiger partial charge on any atom is -0.456 e. The normalized spacial score (nSPS) is 18.3. The molecule has 7 aromatic rings. The van der Waals surface area contributed by atoms with Gasteiger partial charge in [0, 0.05) is 47.5 Å². The first-order valence-electron chi connectivity index (χ1n) is 22.2. The smallest absolute Gasteiger partial charge is 0.348 e. The molecule has 0 amide bonds. The predicted octanol–water partition coefficient (Wildman–Crippen LogP) is 10.4. The standard InChI is InChI=1S/C55H45N3O8/c1-5-58(6-2)44-23-15-18-33(37-26-31(3)28-47-49(37)54(40-21-11-13-24-45(40)62-47)38-19-9-7-16-34(38)51(59)64-54)36(44)30-42(56)53(61)66-57-43-27-32(4)29-48-50(43)55(41-22-12-14-25-46(41)63-48)39-20-10-8-17-35(39)52(60)65-55/h7-29,42,57H,5-6,30,56H2,1-4H3. The predicted molar refractivity (Wildman–Crippen MR) is 249 cm³/mol. The molecule has 66 heavy (non-hydrogen) atoms. The summed E-state index contributed by atoms with van der Waals surface area (Å²) in [5, 5.41) is 0. The van der Waals surface area contributed by atoms with Gasteiger partial charge >= 0.3 is 17.9 Å². The maximum absolute atomic E-state index is 14.4. The van der Waals surface area contributed by atoms with E-state index in [2.05, 4.69) is 30.3 Å². The summed E-state index contributed by atoms with van der Waals surface area (Å²) < 4.78 is 26.2. The second-order valence-corrected chi connectivity index (χ2v) is 17.1.